The number of aliphatic carboxylic acids is 1. The van der Waals surface area contributed by atoms with Crippen molar-refractivity contribution in [2.24, 2.45) is 5.92 Å². The van der Waals surface area contributed by atoms with E-state index in [0.717, 1.165) is 38.0 Å². The second-order valence-corrected chi connectivity index (χ2v) is 7.07. The molecule has 0 amide bonds. The summed E-state index contributed by atoms with van der Waals surface area (Å²) in [5.41, 5.74) is 1.60. The van der Waals surface area contributed by atoms with Crippen molar-refractivity contribution >= 4 is 5.97 Å². The van der Waals surface area contributed by atoms with E-state index in [1.807, 2.05) is 36.5 Å². The molecular weight excluding hydrogens is 346 g/mol. The number of methoxy groups -OCH3 is 2. The molecule has 1 saturated heterocycles. The number of likely N-dealkylation sites (tertiary alicyclic amines) is 1. The zero-order valence-corrected chi connectivity index (χ0v) is 16.1. The van der Waals surface area contributed by atoms with Gasteiger partial charge in [0.2, 0.25) is 0 Å². The maximum absolute atomic E-state index is 12.2. The average molecular weight is 373 g/mol. The normalized spacial score (nSPS) is 16.9. The zero-order valence-electron chi connectivity index (χ0n) is 16.1. The summed E-state index contributed by atoms with van der Waals surface area (Å²) in [6.07, 6.45) is 7.49. The molecule has 2 heterocycles. The van der Waals surface area contributed by atoms with Gasteiger partial charge in [-0.25, -0.2) is 4.98 Å². The highest BCUT2D eigenvalue weighted by Crippen LogP contribution is 2.39. The molecule has 0 radical (unpaired) electrons. The minimum atomic E-state index is -0.867. The highest BCUT2D eigenvalue weighted by molar-refractivity contribution is 5.77. The van der Waals surface area contributed by atoms with Gasteiger partial charge in [-0.2, -0.15) is 0 Å². The van der Waals surface area contributed by atoms with Gasteiger partial charge >= 0.3 is 5.97 Å². The molecule has 0 aliphatic carbocycles. The number of ether oxygens (including phenoxy) is 2. The fraction of sp³-hybridized carbons (Fsp3) is 0.500. The fourth-order valence-electron chi connectivity index (χ4n) is 3.91. The first kappa shape index (κ1) is 19.2. The molecule has 1 fully saturated rings. The summed E-state index contributed by atoms with van der Waals surface area (Å²) in [6.45, 7) is 4.32. The maximum Gasteiger partial charge on any atom is 0.325 e. The first-order valence-corrected chi connectivity index (χ1v) is 9.18. The number of carbonyl (C=O) groups is 1. The second-order valence-electron chi connectivity index (χ2n) is 7.07. The first-order valence-electron chi connectivity index (χ1n) is 9.18. The number of rotatable bonds is 7. The Morgan fingerprint density at radius 3 is 2.59 bits per heavy atom. The van der Waals surface area contributed by atoms with Crippen molar-refractivity contribution in [2.45, 2.75) is 32.4 Å². The van der Waals surface area contributed by atoms with Crippen LogP contribution in [-0.4, -0.2) is 52.8 Å². The molecule has 0 saturated carbocycles. The number of carboxylic acid groups (broad SMARTS) is 1. The van der Waals surface area contributed by atoms with Crippen molar-refractivity contribution in [3.63, 3.8) is 0 Å². The van der Waals surface area contributed by atoms with E-state index in [1.165, 1.54) is 0 Å². The Bertz CT molecular complexity index is 768. The standard InChI is InChI=1S/C20H27N3O4/c1-14-10-16(19(27-3)17(11-14)26-2)18(20(24)25)23-7-4-15(5-8-23)12-22-9-6-21-13-22/h6,9-11,13,15,18H,4-5,7-8,12H2,1-3H3,(H,24,25)/t18-/m0/s1. The molecule has 27 heavy (non-hydrogen) atoms. The van der Waals surface area contributed by atoms with Crippen LogP contribution in [0.15, 0.2) is 30.9 Å². The van der Waals surface area contributed by atoms with Crippen LogP contribution in [0.3, 0.4) is 0 Å². The van der Waals surface area contributed by atoms with E-state index in [9.17, 15) is 9.90 Å². The van der Waals surface area contributed by atoms with Gasteiger partial charge in [-0.3, -0.25) is 9.69 Å². The van der Waals surface area contributed by atoms with Crippen LogP contribution in [-0.2, 0) is 11.3 Å². The minimum Gasteiger partial charge on any atom is -0.493 e. The quantitative estimate of drug-likeness (QED) is 0.804. The Morgan fingerprint density at radius 2 is 2.04 bits per heavy atom. The summed E-state index contributed by atoms with van der Waals surface area (Å²) >= 11 is 0. The van der Waals surface area contributed by atoms with E-state index in [0.29, 0.717) is 23.0 Å². The Morgan fingerprint density at radius 1 is 1.30 bits per heavy atom. The summed E-state index contributed by atoms with van der Waals surface area (Å²) in [7, 11) is 3.12. The topological polar surface area (TPSA) is 76.8 Å². The Balaban J connectivity index is 1.79. The number of hydrogen-bond donors (Lipinski definition) is 1. The summed E-state index contributed by atoms with van der Waals surface area (Å²) in [5, 5.41) is 9.98. The van der Waals surface area contributed by atoms with E-state index in [4.69, 9.17) is 9.47 Å². The lowest BCUT2D eigenvalue weighted by molar-refractivity contribution is -0.144. The maximum atomic E-state index is 12.2. The predicted octanol–water partition coefficient (Wildman–Crippen LogP) is 2.75. The van der Waals surface area contributed by atoms with Gasteiger partial charge in [0.25, 0.3) is 0 Å². The molecule has 1 aliphatic rings. The van der Waals surface area contributed by atoms with Crippen molar-refractivity contribution in [2.75, 3.05) is 27.3 Å². The highest BCUT2D eigenvalue weighted by Gasteiger charge is 2.34. The fourth-order valence-corrected chi connectivity index (χ4v) is 3.91. The third-order valence-electron chi connectivity index (χ3n) is 5.22. The summed E-state index contributed by atoms with van der Waals surface area (Å²) in [5.74, 6) is 0.720. The van der Waals surface area contributed by atoms with Crippen molar-refractivity contribution in [3.05, 3.63) is 42.0 Å². The van der Waals surface area contributed by atoms with Gasteiger partial charge in [0.1, 0.15) is 6.04 Å². The summed E-state index contributed by atoms with van der Waals surface area (Å²) < 4.78 is 13.0. The Hall–Kier alpha value is -2.54. The largest absolute Gasteiger partial charge is 0.493 e. The number of nitrogens with zero attached hydrogens (tertiary/aromatic N) is 3. The number of carboxylic acids is 1. The van der Waals surface area contributed by atoms with Crippen LogP contribution in [0.2, 0.25) is 0 Å². The molecule has 0 unspecified atom stereocenters. The van der Waals surface area contributed by atoms with Gasteiger partial charge in [-0.15, -0.1) is 0 Å². The molecule has 1 atom stereocenters. The van der Waals surface area contributed by atoms with E-state index in [-0.39, 0.29) is 0 Å². The molecule has 1 aromatic carbocycles. The van der Waals surface area contributed by atoms with Gasteiger partial charge in [0.15, 0.2) is 11.5 Å². The third kappa shape index (κ3) is 4.24. The zero-order chi connectivity index (χ0) is 19.4. The molecule has 146 valence electrons. The monoisotopic (exact) mass is 373 g/mol. The lowest BCUT2D eigenvalue weighted by atomic mass is 9.93. The molecule has 1 aromatic heterocycles. The number of hydrogen-bond acceptors (Lipinski definition) is 5. The first-order chi connectivity index (χ1) is 13.0. The SMILES string of the molecule is COc1cc(C)cc([C@@H](C(=O)O)N2CCC(Cn3ccnc3)CC2)c1OC. The predicted molar refractivity (Wildman–Crippen MR) is 101 cm³/mol. The second kappa shape index (κ2) is 8.43. The van der Waals surface area contributed by atoms with Gasteiger partial charge in [0.05, 0.1) is 20.5 Å². The number of aromatic nitrogens is 2. The number of piperidine rings is 1. The van der Waals surface area contributed by atoms with Crippen LogP contribution < -0.4 is 9.47 Å². The Kier molecular flexibility index (Phi) is 6.01. The molecular formula is C20H27N3O4. The lowest BCUT2D eigenvalue weighted by Crippen LogP contribution is -2.41. The van der Waals surface area contributed by atoms with Crippen LogP contribution >= 0.6 is 0 Å². The molecule has 7 nitrogen and oxygen atoms in total. The van der Waals surface area contributed by atoms with Crippen molar-refractivity contribution in [3.8, 4) is 11.5 Å². The van der Waals surface area contributed by atoms with Crippen LogP contribution in [0.5, 0.6) is 11.5 Å². The van der Waals surface area contributed by atoms with Gasteiger partial charge in [-0.05, 0) is 56.5 Å². The molecule has 3 rings (SSSR count). The van der Waals surface area contributed by atoms with Crippen LogP contribution in [0, 0.1) is 12.8 Å². The summed E-state index contributed by atoms with van der Waals surface area (Å²) in [6, 6.07) is 3.00. The van der Waals surface area contributed by atoms with Crippen molar-refractivity contribution < 1.29 is 19.4 Å². The van der Waals surface area contributed by atoms with Crippen molar-refractivity contribution in [1.29, 1.82) is 0 Å². The van der Waals surface area contributed by atoms with E-state index >= 15 is 0 Å². The molecule has 1 aliphatic heterocycles. The minimum absolute atomic E-state index is 0.496. The van der Waals surface area contributed by atoms with Crippen LogP contribution in [0.1, 0.15) is 30.0 Å². The highest BCUT2D eigenvalue weighted by atomic mass is 16.5. The number of imidazole rings is 1. The number of benzene rings is 1. The van der Waals surface area contributed by atoms with E-state index in [1.54, 1.807) is 20.4 Å². The number of aryl methyl sites for hydroxylation is 1. The summed E-state index contributed by atoms with van der Waals surface area (Å²) in [4.78, 5) is 18.3. The van der Waals surface area contributed by atoms with E-state index in [2.05, 4.69) is 9.55 Å². The lowest BCUT2D eigenvalue weighted by Gasteiger charge is -2.36. The van der Waals surface area contributed by atoms with Gasteiger partial charge in [-0.1, -0.05) is 0 Å². The molecule has 0 spiro atoms. The third-order valence-corrected chi connectivity index (χ3v) is 5.22. The molecule has 1 N–H and O–H groups in total. The van der Waals surface area contributed by atoms with Gasteiger partial charge < -0.3 is 19.1 Å². The average Bonchev–Trinajstić information content (AvgIpc) is 3.15. The molecule has 0 bridgehead atoms. The van der Waals surface area contributed by atoms with Crippen molar-refractivity contribution in [1.82, 2.24) is 14.5 Å². The Labute approximate surface area is 159 Å². The molecule has 7 heteroatoms. The smallest absolute Gasteiger partial charge is 0.325 e. The van der Waals surface area contributed by atoms with E-state index < -0.39 is 12.0 Å². The van der Waals surface area contributed by atoms with Crippen LogP contribution in [0.25, 0.3) is 0 Å². The van der Waals surface area contributed by atoms with Crippen LogP contribution in [0.4, 0.5) is 0 Å². The molecule has 2 aromatic rings. The van der Waals surface area contributed by atoms with Gasteiger partial charge in [0, 0.05) is 24.5 Å².